The van der Waals surface area contributed by atoms with Crippen molar-refractivity contribution < 1.29 is 73.8 Å². The summed E-state index contributed by atoms with van der Waals surface area (Å²) >= 11 is 0. The van der Waals surface area contributed by atoms with Crippen molar-refractivity contribution in [3.63, 3.8) is 0 Å². The van der Waals surface area contributed by atoms with Gasteiger partial charge >= 0.3 is 11.9 Å². The van der Waals surface area contributed by atoms with Crippen LogP contribution in [0.25, 0.3) is 0 Å². The van der Waals surface area contributed by atoms with Gasteiger partial charge in [-0.1, -0.05) is 199 Å². The molecule has 2 saturated heterocycles. The molecule has 15 heteroatoms. The molecule has 2 aliphatic rings. The smallest absolute Gasteiger partial charge is 0.306 e. The summed E-state index contributed by atoms with van der Waals surface area (Å²) in [6, 6.07) is 0. The first kappa shape index (κ1) is 65.4. The summed E-state index contributed by atoms with van der Waals surface area (Å²) in [4.78, 5) is 25.8. The molecule has 2 rings (SSSR count). The van der Waals surface area contributed by atoms with Crippen LogP contribution in [-0.2, 0) is 38.0 Å². The van der Waals surface area contributed by atoms with Gasteiger partial charge in [0, 0.05) is 12.8 Å². The minimum Gasteiger partial charge on any atom is -0.462 e. The zero-order chi connectivity index (χ0) is 51.7. The van der Waals surface area contributed by atoms with E-state index in [1.165, 1.54) is 141 Å². The van der Waals surface area contributed by atoms with E-state index >= 15 is 0 Å². The Labute approximate surface area is 429 Å². The highest BCUT2D eigenvalue weighted by molar-refractivity contribution is 5.70. The van der Waals surface area contributed by atoms with Crippen LogP contribution in [0.5, 0.6) is 0 Å². The molecular weight excluding hydrogens is 913 g/mol. The molecule has 0 amide bonds. The number of aliphatic hydroxyl groups excluding tert-OH is 7. The Morgan fingerprint density at radius 3 is 1.27 bits per heavy atom. The van der Waals surface area contributed by atoms with Crippen LogP contribution in [0, 0.1) is 0 Å². The van der Waals surface area contributed by atoms with Crippen LogP contribution in [0.2, 0.25) is 0 Å². The lowest BCUT2D eigenvalue weighted by molar-refractivity contribution is -0.332. The number of allylic oxidation sites excluding steroid dienone is 2. The van der Waals surface area contributed by atoms with Crippen molar-refractivity contribution in [1.82, 2.24) is 0 Å². The fourth-order valence-electron chi connectivity index (χ4n) is 9.27. The number of hydrogen-bond donors (Lipinski definition) is 7. The van der Waals surface area contributed by atoms with E-state index < -0.39 is 92.7 Å². The van der Waals surface area contributed by atoms with E-state index in [2.05, 4.69) is 26.0 Å². The van der Waals surface area contributed by atoms with Crippen LogP contribution < -0.4 is 0 Å². The molecule has 0 aromatic heterocycles. The molecule has 0 saturated carbocycles. The van der Waals surface area contributed by atoms with E-state index in [9.17, 15) is 45.3 Å². The van der Waals surface area contributed by atoms with Gasteiger partial charge in [-0.05, 0) is 38.5 Å². The number of hydrogen-bond acceptors (Lipinski definition) is 15. The third kappa shape index (κ3) is 31.0. The van der Waals surface area contributed by atoms with Crippen molar-refractivity contribution in [3.8, 4) is 0 Å². The highest BCUT2D eigenvalue weighted by Gasteiger charge is 2.47. The molecule has 0 spiro atoms. The molecule has 2 fully saturated rings. The summed E-state index contributed by atoms with van der Waals surface area (Å²) in [5.41, 5.74) is 0. The van der Waals surface area contributed by atoms with Gasteiger partial charge < -0.3 is 64.2 Å². The number of carbonyl (C=O) groups is 2. The maximum absolute atomic E-state index is 13.0. The average molecular weight is 1020 g/mol. The van der Waals surface area contributed by atoms with Gasteiger partial charge in [0.25, 0.3) is 0 Å². The lowest BCUT2D eigenvalue weighted by atomic mass is 9.98. The Hall–Kier alpha value is -1.76. The van der Waals surface area contributed by atoms with Crippen LogP contribution in [0.15, 0.2) is 12.2 Å². The number of rotatable bonds is 46. The standard InChI is InChI=1S/C56H104O15/c1-3-5-7-9-11-13-15-17-18-19-20-21-22-23-24-25-26-27-29-30-32-34-36-38-47(58)66-41-44(69-48(59)39-37-35-33-31-28-16-14-12-10-8-6-4-2)42-67-55-54(65)52(63)50(61)46(71-55)43-68-56-53(64)51(62)49(60)45(40-57)70-56/h12,14,44-46,49-57,60-65H,3-11,13,15-43H2,1-2H3/b14-12-. The van der Waals surface area contributed by atoms with E-state index in [0.29, 0.717) is 12.8 Å². The monoisotopic (exact) mass is 1020 g/mol. The zero-order valence-corrected chi connectivity index (χ0v) is 44.5. The summed E-state index contributed by atoms with van der Waals surface area (Å²) in [5, 5.41) is 72.2. The van der Waals surface area contributed by atoms with Gasteiger partial charge in [0.15, 0.2) is 18.7 Å². The molecule has 0 bridgehead atoms. The summed E-state index contributed by atoms with van der Waals surface area (Å²) in [6.07, 6.45) is 28.2. The highest BCUT2D eigenvalue weighted by atomic mass is 16.7. The molecule has 15 nitrogen and oxygen atoms in total. The number of esters is 2. The van der Waals surface area contributed by atoms with E-state index in [4.69, 9.17) is 28.4 Å². The summed E-state index contributed by atoms with van der Waals surface area (Å²) in [7, 11) is 0. The van der Waals surface area contributed by atoms with E-state index in [1.54, 1.807) is 0 Å². The lowest BCUT2D eigenvalue weighted by Gasteiger charge is -2.42. The Bertz CT molecular complexity index is 1290. The van der Waals surface area contributed by atoms with E-state index in [-0.39, 0.29) is 26.1 Å². The first-order chi connectivity index (χ1) is 34.5. The molecule has 0 aromatic rings. The van der Waals surface area contributed by atoms with Crippen LogP contribution >= 0.6 is 0 Å². The first-order valence-electron chi connectivity index (χ1n) is 28.8. The van der Waals surface area contributed by atoms with Gasteiger partial charge in [0.05, 0.1) is 19.8 Å². The maximum Gasteiger partial charge on any atom is 0.306 e. The van der Waals surface area contributed by atoms with Gasteiger partial charge in [-0.3, -0.25) is 9.59 Å². The van der Waals surface area contributed by atoms with Crippen molar-refractivity contribution in [2.24, 2.45) is 0 Å². The van der Waals surface area contributed by atoms with Crippen molar-refractivity contribution in [2.45, 2.75) is 306 Å². The third-order valence-electron chi connectivity index (χ3n) is 14.0. The van der Waals surface area contributed by atoms with Gasteiger partial charge in [0.1, 0.15) is 55.4 Å². The van der Waals surface area contributed by atoms with Crippen LogP contribution in [-0.4, -0.2) is 142 Å². The fraction of sp³-hybridized carbons (Fsp3) is 0.929. The molecule has 71 heavy (non-hydrogen) atoms. The quantitative estimate of drug-likeness (QED) is 0.0171. The van der Waals surface area contributed by atoms with Crippen LogP contribution in [0.1, 0.15) is 239 Å². The molecule has 11 unspecified atom stereocenters. The van der Waals surface area contributed by atoms with E-state index in [0.717, 1.165) is 57.8 Å². The second-order valence-electron chi connectivity index (χ2n) is 20.5. The molecule has 0 radical (unpaired) electrons. The molecule has 0 aromatic carbocycles. The van der Waals surface area contributed by atoms with Crippen molar-refractivity contribution in [2.75, 3.05) is 26.4 Å². The normalized spacial score (nSPS) is 25.2. The SMILES string of the molecule is CCCCC/C=C\CCCCCCCC(=O)OC(COC(=O)CCCCCCCCCCCCCCCCCCCCCCCCC)COC1OC(COC2OC(CO)C(O)C(O)C2O)C(O)C(O)C1O. The van der Waals surface area contributed by atoms with Crippen molar-refractivity contribution in [3.05, 3.63) is 12.2 Å². The lowest BCUT2D eigenvalue weighted by Crippen LogP contribution is -2.61. The minimum atomic E-state index is -1.76. The molecule has 2 heterocycles. The molecule has 418 valence electrons. The second-order valence-corrected chi connectivity index (χ2v) is 20.5. The molecule has 0 aliphatic carbocycles. The minimum absolute atomic E-state index is 0.159. The zero-order valence-electron chi connectivity index (χ0n) is 44.5. The average Bonchev–Trinajstić information content (AvgIpc) is 3.36. The molecule has 7 N–H and O–H groups in total. The fourth-order valence-corrected chi connectivity index (χ4v) is 9.27. The van der Waals surface area contributed by atoms with Gasteiger partial charge in [0.2, 0.25) is 0 Å². The highest BCUT2D eigenvalue weighted by Crippen LogP contribution is 2.27. The number of aliphatic hydroxyl groups is 7. The van der Waals surface area contributed by atoms with Crippen LogP contribution in [0.3, 0.4) is 0 Å². The Morgan fingerprint density at radius 2 is 0.803 bits per heavy atom. The number of carbonyl (C=O) groups excluding carboxylic acids is 2. The maximum atomic E-state index is 13.0. The van der Waals surface area contributed by atoms with E-state index in [1.807, 2.05) is 0 Å². The Balaban J connectivity index is 1.71. The summed E-state index contributed by atoms with van der Waals surface area (Å²) < 4.78 is 33.6. The Kier molecular flexibility index (Phi) is 40.0. The van der Waals surface area contributed by atoms with Gasteiger partial charge in [-0.2, -0.15) is 0 Å². The number of unbranched alkanes of at least 4 members (excludes halogenated alkanes) is 30. The first-order valence-corrected chi connectivity index (χ1v) is 28.8. The third-order valence-corrected chi connectivity index (χ3v) is 14.0. The second kappa shape index (κ2) is 43.5. The van der Waals surface area contributed by atoms with Gasteiger partial charge in [-0.15, -0.1) is 0 Å². The summed E-state index contributed by atoms with van der Waals surface area (Å²) in [5.74, 6) is -0.922. The molecular formula is C56H104O15. The molecule has 11 atom stereocenters. The van der Waals surface area contributed by atoms with Crippen molar-refractivity contribution in [1.29, 1.82) is 0 Å². The van der Waals surface area contributed by atoms with Crippen LogP contribution in [0.4, 0.5) is 0 Å². The van der Waals surface area contributed by atoms with Crippen molar-refractivity contribution >= 4 is 11.9 Å². The topological polar surface area (TPSA) is 231 Å². The largest absolute Gasteiger partial charge is 0.462 e. The summed E-state index contributed by atoms with van der Waals surface area (Å²) in [6.45, 7) is 2.60. The predicted octanol–water partition coefficient (Wildman–Crippen LogP) is 9.33. The van der Waals surface area contributed by atoms with Gasteiger partial charge in [-0.25, -0.2) is 0 Å². The predicted molar refractivity (Wildman–Crippen MR) is 275 cm³/mol. The number of ether oxygens (including phenoxy) is 6. The molecule has 2 aliphatic heterocycles. The Morgan fingerprint density at radius 1 is 0.437 bits per heavy atom.